The van der Waals surface area contributed by atoms with Gasteiger partial charge in [-0.1, -0.05) is 51.2 Å². The number of carbonyl (C=O) groups is 1. The van der Waals surface area contributed by atoms with Crippen LogP contribution in [0.4, 0.5) is 4.79 Å². The molecule has 3 N–H and O–H groups in total. The first kappa shape index (κ1) is 20.4. The Kier molecular flexibility index (Phi) is 8.06. The zero-order valence-corrected chi connectivity index (χ0v) is 15.6. The third-order valence-corrected chi connectivity index (χ3v) is 4.72. The monoisotopic (exact) mass is 362 g/mol. The molecule has 2 rings (SSSR count). The fourth-order valence-corrected chi connectivity index (χ4v) is 3.30. The van der Waals surface area contributed by atoms with Crippen molar-refractivity contribution in [3.63, 3.8) is 0 Å². The number of nitrogens with one attached hydrogen (secondary N) is 1. The summed E-state index contributed by atoms with van der Waals surface area (Å²) in [7, 11) is 0. The topological polar surface area (TPSA) is 91.2 Å². The SMILES string of the molecule is CCCCCCCCOC(O)C1C(C)=NC(=O)NC1c1cccc(O)c1. The number of rotatable bonds is 10. The number of aliphatic hydroxyl groups is 1. The van der Waals surface area contributed by atoms with Crippen LogP contribution in [0.15, 0.2) is 29.3 Å². The number of amides is 2. The van der Waals surface area contributed by atoms with Crippen LogP contribution in [0.25, 0.3) is 0 Å². The van der Waals surface area contributed by atoms with Crippen LogP contribution in [-0.4, -0.2) is 34.9 Å². The van der Waals surface area contributed by atoms with E-state index in [9.17, 15) is 15.0 Å². The largest absolute Gasteiger partial charge is 0.508 e. The zero-order chi connectivity index (χ0) is 18.9. The smallest absolute Gasteiger partial charge is 0.341 e. The van der Waals surface area contributed by atoms with E-state index in [0.29, 0.717) is 17.9 Å². The standard InChI is InChI=1S/C20H30N2O4/c1-3-4-5-6-7-8-12-26-19(24)17-14(2)21-20(25)22-18(17)15-10-9-11-16(23)13-15/h9-11,13,17-19,23-24H,3-8,12H2,1-2H3,(H,22,25). The minimum atomic E-state index is -1.07. The van der Waals surface area contributed by atoms with E-state index in [2.05, 4.69) is 17.2 Å². The molecule has 26 heavy (non-hydrogen) atoms. The summed E-state index contributed by atoms with van der Waals surface area (Å²) >= 11 is 0. The molecule has 0 aliphatic carbocycles. The average Bonchev–Trinajstić information content (AvgIpc) is 2.60. The lowest BCUT2D eigenvalue weighted by Crippen LogP contribution is -2.46. The van der Waals surface area contributed by atoms with Crippen molar-refractivity contribution in [3.05, 3.63) is 29.8 Å². The Morgan fingerprint density at radius 1 is 1.23 bits per heavy atom. The van der Waals surface area contributed by atoms with E-state index >= 15 is 0 Å². The van der Waals surface area contributed by atoms with E-state index in [1.54, 1.807) is 31.2 Å². The summed E-state index contributed by atoms with van der Waals surface area (Å²) < 4.78 is 5.64. The molecule has 144 valence electrons. The van der Waals surface area contributed by atoms with Crippen LogP contribution in [0.1, 0.15) is 64.0 Å². The van der Waals surface area contributed by atoms with Crippen molar-refractivity contribution in [2.45, 2.75) is 64.7 Å². The molecule has 0 spiro atoms. The number of unbranched alkanes of at least 4 members (excludes halogenated alkanes) is 5. The van der Waals surface area contributed by atoms with E-state index in [1.165, 1.54) is 25.7 Å². The van der Waals surface area contributed by atoms with Gasteiger partial charge in [-0.05, 0) is 31.0 Å². The fourth-order valence-electron chi connectivity index (χ4n) is 3.30. The number of phenols is 1. The van der Waals surface area contributed by atoms with Gasteiger partial charge in [-0.25, -0.2) is 9.79 Å². The van der Waals surface area contributed by atoms with Crippen LogP contribution in [0.5, 0.6) is 5.75 Å². The second-order valence-corrected chi connectivity index (χ2v) is 6.83. The predicted octanol–water partition coefficient (Wildman–Crippen LogP) is 3.93. The summed E-state index contributed by atoms with van der Waals surface area (Å²) in [5, 5.41) is 23.0. The lowest BCUT2D eigenvalue weighted by molar-refractivity contribution is -0.126. The van der Waals surface area contributed by atoms with Gasteiger partial charge >= 0.3 is 6.03 Å². The minimum absolute atomic E-state index is 0.109. The van der Waals surface area contributed by atoms with Gasteiger partial charge in [0.1, 0.15) is 5.75 Å². The molecule has 1 heterocycles. The fraction of sp³-hybridized carbons (Fsp3) is 0.600. The maximum atomic E-state index is 11.8. The van der Waals surface area contributed by atoms with Crippen LogP contribution in [-0.2, 0) is 4.74 Å². The van der Waals surface area contributed by atoms with Gasteiger partial charge < -0.3 is 20.3 Å². The number of aliphatic imine (C=N–C) groups is 1. The van der Waals surface area contributed by atoms with Crippen molar-refractivity contribution in [1.82, 2.24) is 5.32 Å². The molecule has 1 aromatic carbocycles. The van der Waals surface area contributed by atoms with Gasteiger partial charge in [0.15, 0.2) is 6.29 Å². The molecule has 0 bridgehead atoms. The van der Waals surface area contributed by atoms with Crippen molar-refractivity contribution in [1.29, 1.82) is 0 Å². The lowest BCUT2D eigenvalue weighted by atomic mass is 9.87. The Balaban J connectivity index is 1.96. The van der Waals surface area contributed by atoms with Crippen molar-refractivity contribution in [2.24, 2.45) is 10.9 Å². The second-order valence-electron chi connectivity index (χ2n) is 6.83. The summed E-state index contributed by atoms with van der Waals surface area (Å²) in [4.78, 5) is 15.7. The highest BCUT2D eigenvalue weighted by atomic mass is 16.6. The van der Waals surface area contributed by atoms with E-state index in [0.717, 1.165) is 12.8 Å². The molecule has 0 aromatic heterocycles. The first-order valence-corrected chi connectivity index (χ1v) is 9.47. The van der Waals surface area contributed by atoms with Gasteiger partial charge in [0.2, 0.25) is 0 Å². The molecule has 0 saturated carbocycles. The van der Waals surface area contributed by atoms with Gasteiger partial charge in [0.25, 0.3) is 0 Å². The second kappa shape index (κ2) is 10.3. The van der Waals surface area contributed by atoms with E-state index in [-0.39, 0.29) is 5.75 Å². The molecular weight excluding hydrogens is 332 g/mol. The Morgan fingerprint density at radius 3 is 2.69 bits per heavy atom. The van der Waals surface area contributed by atoms with Crippen LogP contribution >= 0.6 is 0 Å². The van der Waals surface area contributed by atoms with Gasteiger partial charge in [-0.2, -0.15) is 0 Å². The Morgan fingerprint density at radius 2 is 1.96 bits per heavy atom. The van der Waals surface area contributed by atoms with E-state index in [4.69, 9.17) is 4.74 Å². The molecule has 1 aliphatic rings. The number of ether oxygens (including phenoxy) is 1. The Hall–Kier alpha value is -1.92. The number of hydrogen-bond donors (Lipinski definition) is 3. The van der Waals surface area contributed by atoms with Crippen molar-refractivity contribution >= 4 is 11.7 Å². The molecule has 3 unspecified atom stereocenters. The van der Waals surface area contributed by atoms with Gasteiger partial charge in [0, 0.05) is 12.3 Å². The van der Waals surface area contributed by atoms with Crippen LogP contribution in [0.3, 0.4) is 0 Å². The number of benzene rings is 1. The summed E-state index contributed by atoms with van der Waals surface area (Å²) in [5.74, 6) is -0.382. The first-order chi connectivity index (χ1) is 12.5. The predicted molar refractivity (Wildman–Crippen MR) is 101 cm³/mol. The van der Waals surface area contributed by atoms with Crippen LogP contribution in [0, 0.1) is 5.92 Å². The van der Waals surface area contributed by atoms with Gasteiger partial charge in [-0.15, -0.1) is 0 Å². The summed E-state index contributed by atoms with van der Waals surface area (Å²) in [5.41, 5.74) is 1.23. The van der Waals surface area contributed by atoms with Crippen molar-refractivity contribution < 1.29 is 19.7 Å². The molecule has 1 aliphatic heterocycles. The molecule has 1 aromatic rings. The van der Waals surface area contributed by atoms with Crippen molar-refractivity contribution in [3.8, 4) is 5.75 Å². The maximum Gasteiger partial charge on any atom is 0.341 e. The van der Waals surface area contributed by atoms with Crippen molar-refractivity contribution in [2.75, 3.05) is 6.61 Å². The summed E-state index contributed by atoms with van der Waals surface area (Å²) in [6.45, 7) is 4.38. The average molecular weight is 362 g/mol. The molecule has 6 heteroatoms. The van der Waals surface area contributed by atoms with E-state index < -0.39 is 24.3 Å². The Labute approximate surface area is 155 Å². The highest BCUT2D eigenvalue weighted by molar-refractivity contribution is 5.98. The number of nitrogens with zero attached hydrogens (tertiary/aromatic N) is 1. The van der Waals surface area contributed by atoms with Crippen LogP contribution in [0.2, 0.25) is 0 Å². The Bertz CT molecular complexity index is 618. The van der Waals surface area contributed by atoms with Gasteiger partial charge in [-0.3, -0.25) is 0 Å². The number of aromatic hydroxyl groups is 1. The molecular formula is C20H30N2O4. The third kappa shape index (κ3) is 5.81. The summed E-state index contributed by atoms with van der Waals surface area (Å²) in [6.07, 6.45) is 5.80. The highest BCUT2D eigenvalue weighted by Crippen LogP contribution is 2.31. The number of carbonyl (C=O) groups excluding carboxylic acids is 1. The summed E-state index contributed by atoms with van der Waals surface area (Å²) in [6, 6.07) is 5.71. The minimum Gasteiger partial charge on any atom is -0.508 e. The zero-order valence-electron chi connectivity index (χ0n) is 15.6. The maximum absolute atomic E-state index is 11.8. The third-order valence-electron chi connectivity index (χ3n) is 4.72. The molecule has 6 nitrogen and oxygen atoms in total. The molecule has 0 radical (unpaired) electrons. The highest BCUT2D eigenvalue weighted by Gasteiger charge is 2.37. The molecule has 0 saturated heterocycles. The lowest BCUT2D eigenvalue weighted by Gasteiger charge is -2.34. The quantitative estimate of drug-likeness (QED) is 0.434. The number of urea groups is 1. The number of hydrogen-bond acceptors (Lipinski definition) is 4. The number of aliphatic hydroxyl groups excluding tert-OH is 1. The van der Waals surface area contributed by atoms with Crippen LogP contribution < -0.4 is 5.32 Å². The molecule has 0 fully saturated rings. The van der Waals surface area contributed by atoms with Gasteiger partial charge in [0.05, 0.1) is 12.0 Å². The first-order valence-electron chi connectivity index (χ1n) is 9.47. The molecule has 3 atom stereocenters. The van der Waals surface area contributed by atoms with E-state index in [1.807, 2.05) is 0 Å². The number of phenolic OH excluding ortho intramolecular Hbond substituents is 1. The normalized spacial score (nSPS) is 21.2. The molecule has 2 amide bonds.